The smallest absolute Gasteiger partial charge is 0.240 e. The fraction of sp³-hybridized carbons (Fsp3) is 0.273. The lowest BCUT2D eigenvalue weighted by atomic mass is 10.4. The van der Waals surface area contributed by atoms with Crippen LogP contribution in [0.15, 0.2) is 33.9 Å². The molecule has 0 aliphatic rings. The second-order valence-electron chi connectivity index (χ2n) is 4.06. The van der Waals surface area contributed by atoms with Gasteiger partial charge in [-0.3, -0.25) is 4.68 Å². The summed E-state index contributed by atoms with van der Waals surface area (Å²) < 4.78 is 28.7. The van der Waals surface area contributed by atoms with Crippen molar-refractivity contribution < 1.29 is 8.42 Å². The summed E-state index contributed by atoms with van der Waals surface area (Å²) in [5, 5.41) is 4.53. The van der Waals surface area contributed by atoms with Crippen LogP contribution in [0.2, 0.25) is 5.02 Å². The summed E-state index contributed by atoms with van der Waals surface area (Å²) in [6.45, 7) is 0.229. The lowest BCUT2D eigenvalue weighted by Gasteiger charge is -2.06. The van der Waals surface area contributed by atoms with E-state index < -0.39 is 10.0 Å². The molecule has 0 spiro atoms. The molecule has 9 heteroatoms. The van der Waals surface area contributed by atoms with Crippen molar-refractivity contribution in [1.29, 1.82) is 0 Å². The van der Waals surface area contributed by atoms with Gasteiger partial charge in [0.15, 0.2) is 5.82 Å². The molecule has 0 bridgehead atoms. The first-order valence-corrected chi connectivity index (χ1v) is 8.33. The lowest BCUT2D eigenvalue weighted by molar-refractivity contribution is 0.580. The number of hydrogen-bond donors (Lipinski definition) is 1. The fourth-order valence-corrected chi connectivity index (χ4v) is 3.23. The molecule has 0 aliphatic heterocycles. The van der Waals surface area contributed by atoms with E-state index in [9.17, 15) is 8.42 Å². The number of nitrogens with one attached hydrogen (secondary N) is 1. The quantitative estimate of drug-likeness (QED) is 0.858. The van der Waals surface area contributed by atoms with Crippen LogP contribution < -0.4 is 4.72 Å². The average Bonchev–Trinajstić information content (AvgIpc) is 2.78. The molecule has 20 heavy (non-hydrogen) atoms. The van der Waals surface area contributed by atoms with E-state index >= 15 is 0 Å². The first-order chi connectivity index (χ1) is 9.38. The van der Waals surface area contributed by atoms with Gasteiger partial charge in [0.2, 0.25) is 10.0 Å². The molecule has 6 nitrogen and oxygen atoms in total. The molecule has 108 valence electrons. The Morgan fingerprint density at radius 1 is 1.45 bits per heavy atom. The molecule has 1 heterocycles. The molecule has 1 aromatic heterocycles. The van der Waals surface area contributed by atoms with Gasteiger partial charge in [-0.05, 0) is 34.1 Å². The van der Waals surface area contributed by atoms with Crippen LogP contribution in [-0.2, 0) is 23.5 Å². The number of nitrogens with zero attached hydrogens (tertiary/aromatic N) is 3. The Hall–Kier alpha value is -0.960. The summed E-state index contributed by atoms with van der Waals surface area (Å²) in [6, 6.07) is 4.44. The highest BCUT2D eigenvalue weighted by atomic mass is 79.9. The molecule has 1 aromatic carbocycles. The highest BCUT2D eigenvalue weighted by molar-refractivity contribution is 9.10. The Balaban J connectivity index is 2.02. The second-order valence-corrected chi connectivity index (χ2v) is 7.09. The normalized spacial score (nSPS) is 11.8. The van der Waals surface area contributed by atoms with E-state index in [4.69, 9.17) is 11.6 Å². The van der Waals surface area contributed by atoms with E-state index in [2.05, 4.69) is 30.7 Å². The number of benzene rings is 1. The minimum Gasteiger partial charge on any atom is -0.256 e. The molecule has 0 saturated heterocycles. The van der Waals surface area contributed by atoms with Gasteiger partial charge in [0.25, 0.3) is 0 Å². The standard InChI is InChI=1S/C11H12BrClN4O2S/c1-17-7-14-11(16-17)4-5-15-20(18,19)8-2-3-10(13)9(12)6-8/h2-3,6-7,15H,4-5H2,1H3. The number of aromatic nitrogens is 3. The maximum atomic E-state index is 12.1. The zero-order chi connectivity index (χ0) is 14.8. The van der Waals surface area contributed by atoms with Crippen molar-refractivity contribution in [3.05, 3.63) is 39.8 Å². The molecule has 0 unspecified atom stereocenters. The lowest BCUT2D eigenvalue weighted by Crippen LogP contribution is -2.26. The summed E-state index contributed by atoms with van der Waals surface area (Å²) in [4.78, 5) is 4.18. The predicted molar refractivity (Wildman–Crippen MR) is 79.0 cm³/mol. The van der Waals surface area contributed by atoms with E-state index in [0.29, 0.717) is 21.7 Å². The van der Waals surface area contributed by atoms with E-state index in [1.54, 1.807) is 18.1 Å². The van der Waals surface area contributed by atoms with Crippen LogP contribution in [0.25, 0.3) is 0 Å². The predicted octanol–water partition coefficient (Wildman–Crippen LogP) is 1.75. The van der Waals surface area contributed by atoms with Crippen molar-refractivity contribution >= 4 is 37.6 Å². The monoisotopic (exact) mass is 378 g/mol. The molecule has 0 amide bonds. The van der Waals surface area contributed by atoms with Gasteiger partial charge in [0.05, 0.1) is 9.92 Å². The summed E-state index contributed by atoms with van der Waals surface area (Å²) in [7, 11) is -1.81. The topological polar surface area (TPSA) is 76.9 Å². The van der Waals surface area contributed by atoms with Crippen LogP contribution in [0.5, 0.6) is 0 Å². The van der Waals surface area contributed by atoms with E-state index in [-0.39, 0.29) is 11.4 Å². The molecule has 2 aromatic rings. The highest BCUT2D eigenvalue weighted by Gasteiger charge is 2.15. The Kier molecular flexibility index (Phi) is 4.79. The van der Waals surface area contributed by atoms with Crippen molar-refractivity contribution in [2.45, 2.75) is 11.3 Å². The van der Waals surface area contributed by atoms with Crippen molar-refractivity contribution in [1.82, 2.24) is 19.5 Å². The van der Waals surface area contributed by atoms with Gasteiger partial charge in [-0.15, -0.1) is 0 Å². The number of hydrogen-bond acceptors (Lipinski definition) is 4. The van der Waals surface area contributed by atoms with Crippen molar-refractivity contribution in [2.75, 3.05) is 6.54 Å². The molecule has 0 radical (unpaired) electrons. The van der Waals surface area contributed by atoms with Gasteiger partial charge in [-0.2, -0.15) is 5.10 Å². The van der Waals surface area contributed by atoms with Gasteiger partial charge in [-0.25, -0.2) is 18.1 Å². The zero-order valence-corrected chi connectivity index (χ0v) is 13.7. The Bertz CT molecular complexity index is 717. The van der Waals surface area contributed by atoms with Crippen molar-refractivity contribution in [3.63, 3.8) is 0 Å². The molecule has 0 saturated carbocycles. The van der Waals surface area contributed by atoms with E-state index in [1.165, 1.54) is 18.2 Å². The molecular weight excluding hydrogens is 368 g/mol. The van der Waals surface area contributed by atoms with Crippen LogP contribution in [0.3, 0.4) is 0 Å². The van der Waals surface area contributed by atoms with Crippen LogP contribution in [-0.4, -0.2) is 29.7 Å². The third kappa shape index (κ3) is 3.78. The van der Waals surface area contributed by atoms with Gasteiger partial charge >= 0.3 is 0 Å². The largest absolute Gasteiger partial charge is 0.256 e. The number of halogens is 2. The molecule has 2 rings (SSSR count). The molecular formula is C11H12BrClN4O2S. The van der Waals surface area contributed by atoms with Gasteiger partial charge in [0.1, 0.15) is 6.33 Å². The Morgan fingerprint density at radius 2 is 2.20 bits per heavy atom. The number of aryl methyl sites for hydroxylation is 1. The second kappa shape index (κ2) is 6.21. The highest BCUT2D eigenvalue weighted by Crippen LogP contribution is 2.25. The van der Waals surface area contributed by atoms with Gasteiger partial charge in [-0.1, -0.05) is 11.6 Å². The Morgan fingerprint density at radius 3 is 2.80 bits per heavy atom. The molecule has 0 fully saturated rings. The Labute approximate surface area is 130 Å². The number of rotatable bonds is 5. The minimum atomic E-state index is -3.56. The number of sulfonamides is 1. The van der Waals surface area contributed by atoms with E-state index in [1.807, 2.05) is 0 Å². The van der Waals surface area contributed by atoms with Crippen molar-refractivity contribution in [2.24, 2.45) is 7.05 Å². The average molecular weight is 380 g/mol. The summed E-state index contributed by atoms with van der Waals surface area (Å²) in [5.74, 6) is 0.590. The maximum Gasteiger partial charge on any atom is 0.240 e. The van der Waals surface area contributed by atoms with Crippen LogP contribution >= 0.6 is 27.5 Å². The third-order valence-electron chi connectivity index (χ3n) is 2.49. The molecule has 0 atom stereocenters. The fourth-order valence-electron chi connectivity index (χ4n) is 1.52. The third-order valence-corrected chi connectivity index (χ3v) is 5.16. The van der Waals surface area contributed by atoms with Crippen LogP contribution in [0, 0.1) is 0 Å². The summed E-state index contributed by atoms with van der Waals surface area (Å²) >= 11 is 9.04. The maximum absolute atomic E-state index is 12.1. The first kappa shape index (κ1) is 15.4. The van der Waals surface area contributed by atoms with Gasteiger partial charge in [0, 0.05) is 24.5 Å². The van der Waals surface area contributed by atoms with Crippen LogP contribution in [0.4, 0.5) is 0 Å². The molecule has 1 N–H and O–H groups in total. The van der Waals surface area contributed by atoms with Crippen LogP contribution in [0.1, 0.15) is 5.82 Å². The summed E-state index contributed by atoms with van der Waals surface area (Å²) in [5.41, 5.74) is 0. The first-order valence-electron chi connectivity index (χ1n) is 5.68. The SMILES string of the molecule is Cn1cnc(CCNS(=O)(=O)c2ccc(Cl)c(Br)c2)n1. The zero-order valence-electron chi connectivity index (χ0n) is 10.5. The summed E-state index contributed by atoms with van der Waals surface area (Å²) in [6.07, 6.45) is 2.00. The van der Waals surface area contributed by atoms with E-state index in [0.717, 1.165) is 0 Å². The minimum absolute atomic E-state index is 0.155. The molecule has 0 aliphatic carbocycles. The van der Waals surface area contributed by atoms with Gasteiger partial charge < -0.3 is 0 Å². The van der Waals surface area contributed by atoms with Crippen molar-refractivity contribution in [3.8, 4) is 0 Å².